The minimum Gasteiger partial charge on any atom is -0.468 e. The molecule has 0 aromatic heterocycles. The van der Waals surface area contributed by atoms with Gasteiger partial charge in [-0.05, 0) is 41.7 Å². The number of nitrogens with one attached hydrogen (secondary N) is 1. The fourth-order valence-corrected chi connectivity index (χ4v) is 2.98. The van der Waals surface area contributed by atoms with Gasteiger partial charge < -0.3 is 14.8 Å². The number of methoxy groups -OCH3 is 1. The highest BCUT2D eigenvalue weighted by Crippen LogP contribution is 2.29. The van der Waals surface area contributed by atoms with Crippen LogP contribution >= 0.6 is 0 Å². The Morgan fingerprint density at radius 1 is 1.32 bits per heavy atom. The monoisotopic (exact) mass is 272 g/mol. The van der Waals surface area contributed by atoms with Gasteiger partial charge in [-0.1, -0.05) is 0 Å². The maximum Gasteiger partial charge on any atom is 0.327 e. The molecule has 1 aliphatic heterocycles. The van der Waals surface area contributed by atoms with Crippen LogP contribution in [0.4, 0.5) is 0 Å². The predicted octanol–water partition coefficient (Wildman–Crippen LogP) is 1.03. The van der Waals surface area contributed by atoms with Crippen LogP contribution in [0.15, 0.2) is 0 Å². The van der Waals surface area contributed by atoms with E-state index in [0.717, 1.165) is 13.1 Å². The van der Waals surface area contributed by atoms with Gasteiger partial charge in [0.25, 0.3) is 0 Å². The third-order valence-corrected chi connectivity index (χ3v) is 3.49. The summed E-state index contributed by atoms with van der Waals surface area (Å²) in [4.78, 5) is 14.2. The Balaban J connectivity index is 2.83. The Bertz CT molecular complexity index is 326. The molecule has 0 aromatic rings. The highest BCUT2D eigenvalue weighted by atomic mass is 16.5. The summed E-state index contributed by atoms with van der Waals surface area (Å²) in [6.07, 6.45) is 0. The van der Waals surface area contributed by atoms with Crippen LogP contribution in [0.1, 0.15) is 34.6 Å². The van der Waals surface area contributed by atoms with Crippen molar-refractivity contribution in [3.05, 3.63) is 0 Å². The molecule has 1 rings (SSSR count). The van der Waals surface area contributed by atoms with Crippen LogP contribution < -0.4 is 5.32 Å². The summed E-state index contributed by atoms with van der Waals surface area (Å²) in [5.74, 6) is -0.239. The first-order valence-electron chi connectivity index (χ1n) is 6.73. The molecule has 1 saturated heterocycles. The summed E-state index contributed by atoms with van der Waals surface area (Å²) >= 11 is 0. The molecule has 0 bridgehead atoms. The lowest BCUT2D eigenvalue weighted by molar-refractivity contribution is -0.185. The number of likely N-dealkylation sites (N-methyl/N-ethyl adjacent to an activating group) is 1. The van der Waals surface area contributed by atoms with E-state index in [-0.39, 0.29) is 17.2 Å². The summed E-state index contributed by atoms with van der Waals surface area (Å²) in [6.45, 7) is 12.4. The summed E-state index contributed by atoms with van der Waals surface area (Å²) < 4.78 is 10.9. The maximum atomic E-state index is 11.9. The molecule has 5 nitrogen and oxygen atoms in total. The van der Waals surface area contributed by atoms with Gasteiger partial charge in [-0.15, -0.1) is 0 Å². The SMILES string of the molecule is CNC(C)(CN1CC(C)(C)OC(C)(C)C1)C(=O)OC. The Kier molecular flexibility index (Phi) is 4.65. The van der Waals surface area contributed by atoms with E-state index in [1.807, 2.05) is 6.92 Å². The van der Waals surface area contributed by atoms with E-state index in [4.69, 9.17) is 9.47 Å². The number of morpholine rings is 1. The first-order valence-corrected chi connectivity index (χ1v) is 6.73. The Labute approximate surface area is 116 Å². The first kappa shape index (κ1) is 16.4. The molecule has 1 heterocycles. The zero-order chi connectivity index (χ0) is 14.9. The van der Waals surface area contributed by atoms with E-state index in [0.29, 0.717) is 6.54 Å². The van der Waals surface area contributed by atoms with Crippen molar-refractivity contribution in [1.29, 1.82) is 0 Å². The lowest BCUT2D eigenvalue weighted by Gasteiger charge is -2.48. The standard InChI is InChI=1S/C14H28N2O3/c1-12(2)8-16(9-13(3,4)19-12)10-14(5,15-6)11(17)18-7/h15H,8-10H2,1-7H3. The second-order valence-corrected chi connectivity index (χ2v) is 6.84. The second kappa shape index (κ2) is 5.38. The molecule has 1 atom stereocenters. The lowest BCUT2D eigenvalue weighted by atomic mass is 9.95. The Morgan fingerprint density at radius 2 is 1.79 bits per heavy atom. The van der Waals surface area contributed by atoms with Crippen molar-refractivity contribution < 1.29 is 14.3 Å². The van der Waals surface area contributed by atoms with E-state index in [1.54, 1.807) is 7.05 Å². The molecular formula is C14H28N2O3. The number of nitrogens with zero attached hydrogens (tertiary/aromatic N) is 1. The molecule has 19 heavy (non-hydrogen) atoms. The average Bonchev–Trinajstić information content (AvgIpc) is 2.23. The molecular weight excluding hydrogens is 244 g/mol. The largest absolute Gasteiger partial charge is 0.468 e. The fraction of sp³-hybridized carbons (Fsp3) is 0.929. The molecule has 1 fully saturated rings. The molecule has 5 heteroatoms. The second-order valence-electron chi connectivity index (χ2n) is 6.84. The number of esters is 1. The minimum atomic E-state index is -0.696. The van der Waals surface area contributed by atoms with Crippen LogP contribution in [0.5, 0.6) is 0 Å². The molecule has 112 valence electrons. The molecule has 0 amide bonds. The Morgan fingerprint density at radius 3 is 2.16 bits per heavy atom. The lowest BCUT2D eigenvalue weighted by Crippen LogP contribution is -2.63. The summed E-state index contributed by atoms with van der Waals surface area (Å²) in [5.41, 5.74) is -1.13. The van der Waals surface area contributed by atoms with Crippen LogP contribution in [0, 0.1) is 0 Å². The Hall–Kier alpha value is -0.650. The van der Waals surface area contributed by atoms with E-state index < -0.39 is 5.54 Å². The fourth-order valence-electron chi connectivity index (χ4n) is 2.98. The van der Waals surface area contributed by atoms with Gasteiger partial charge in [-0.2, -0.15) is 0 Å². The van der Waals surface area contributed by atoms with E-state index in [1.165, 1.54) is 7.11 Å². The third kappa shape index (κ3) is 4.16. The van der Waals surface area contributed by atoms with Crippen LogP contribution in [0.25, 0.3) is 0 Å². The zero-order valence-corrected chi connectivity index (χ0v) is 13.3. The maximum absolute atomic E-state index is 11.9. The van der Waals surface area contributed by atoms with Crippen molar-refractivity contribution in [3.63, 3.8) is 0 Å². The number of hydrogen-bond acceptors (Lipinski definition) is 5. The molecule has 1 aliphatic rings. The van der Waals surface area contributed by atoms with Gasteiger partial charge in [0, 0.05) is 19.6 Å². The average molecular weight is 272 g/mol. The van der Waals surface area contributed by atoms with E-state index in [9.17, 15) is 4.79 Å². The van der Waals surface area contributed by atoms with Crippen molar-refractivity contribution in [2.75, 3.05) is 33.8 Å². The first-order chi connectivity index (χ1) is 8.53. The molecule has 0 saturated carbocycles. The van der Waals surface area contributed by atoms with Gasteiger partial charge in [0.2, 0.25) is 0 Å². The van der Waals surface area contributed by atoms with Crippen molar-refractivity contribution in [2.24, 2.45) is 0 Å². The van der Waals surface area contributed by atoms with Crippen molar-refractivity contribution in [2.45, 2.75) is 51.4 Å². The number of carbonyl (C=O) groups is 1. The summed E-state index contributed by atoms with van der Waals surface area (Å²) in [5, 5.41) is 3.07. The van der Waals surface area contributed by atoms with Gasteiger partial charge in [-0.25, -0.2) is 0 Å². The van der Waals surface area contributed by atoms with Crippen LogP contribution in [0.2, 0.25) is 0 Å². The number of ether oxygens (including phenoxy) is 2. The molecule has 0 radical (unpaired) electrons. The summed E-state index contributed by atoms with van der Waals surface area (Å²) in [7, 11) is 3.21. The number of rotatable bonds is 4. The molecule has 0 spiro atoms. The van der Waals surface area contributed by atoms with Gasteiger partial charge in [0.15, 0.2) is 0 Å². The van der Waals surface area contributed by atoms with Crippen molar-refractivity contribution in [1.82, 2.24) is 10.2 Å². The van der Waals surface area contributed by atoms with Gasteiger partial charge in [0.05, 0.1) is 18.3 Å². The van der Waals surface area contributed by atoms with Gasteiger partial charge in [0.1, 0.15) is 5.54 Å². The molecule has 1 unspecified atom stereocenters. The van der Waals surface area contributed by atoms with Gasteiger partial charge in [-0.3, -0.25) is 9.69 Å². The molecule has 0 aromatic carbocycles. The quantitative estimate of drug-likeness (QED) is 0.775. The van der Waals surface area contributed by atoms with Crippen molar-refractivity contribution in [3.8, 4) is 0 Å². The highest BCUT2D eigenvalue weighted by molar-refractivity contribution is 5.80. The van der Waals surface area contributed by atoms with Crippen LogP contribution in [-0.2, 0) is 14.3 Å². The van der Waals surface area contributed by atoms with Crippen LogP contribution in [0.3, 0.4) is 0 Å². The smallest absolute Gasteiger partial charge is 0.327 e. The molecule has 1 N–H and O–H groups in total. The van der Waals surface area contributed by atoms with Crippen molar-refractivity contribution >= 4 is 5.97 Å². The minimum absolute atomic E-state index is 0.216. The van der Waals surface area contributed by atoms with E-state index >= 15 is 0 Å². The third-order valence-electron chi connectivity index (χ3n) is 3.49. The number of carbonyl (C=O) groups excluding carboxylic acids is 1. The highest BCUT2D eigenvalue weighted by Gasteiger charge is 2.42. The van der Waals surface area contributed by atoms with Crippen LogP contribution in [-0.4, -0.2) is 61.4 Å². The zero-order valence-electron chi connectivity index (χ0n) is 13.3. The van der Waals surface area contributed by atoms with Gasteiger partial charge >= 0.3 is 5.97 Å². The summed E-state index contributed by atoms with van der Waals surface area (Å²) in [6, 6.07) is 0. The number of hydrogen-bond donors (Lipinski definition) is 1. The van der Waals surface area contributed by atoms with E-state index in [2.05, 4.69) is 37.9 Å². The topological polar surface area (TPSA) is 50.8 Å². The molecule has 0 aliphatic carbocycles. The normalized spacial score (nSPS) is 25.6. The predicted molar refractivity (Wildman–Crippen MR) is 75.2 cm³/mol.